The first kappa shape index (κ1) is 17.0. The van der Waals surface area contributed by atoms with E-state index in [4.69, 9.17) is 4.74 Å². The average molecular weight is 324 g/mol. The van der Waals surface area contributed by atoms with Gasteiger partial charge in [-0.2, -0.15) is 0 Å². The highest BCUT2D eigenvalue weighted by atomic mass is 32.1. The van der Waals surface area contributed by atoms with Gasteiger partial charge in [0.1, 0.15) is 6.04 Å². The summed E-state index contributed by atoms with van der Waals surface area (Å²) in [6, 6.07) is 3.09. The maximum atomic E-state index is 12.8. The van der Waals surface area contributed by atoms with Crippen LogP contribution in [0.15, 0.2) is 17.5 Å². The van der Waals surface area contributed by atoms with Gasteiger partial charge in [0, 0.05) is 13.1 Å². The number of morpholine rings is 1. The molecule has 0 saturated carbocycles. The fraction of sp³-hybridized carbons (Fsp3) is 0.625. The Labute approximate surface area is 135 Å². The van der Waals surface area contributed by atoms with E-state index >= 15 is 0 Å². The largest absolute Gasteiger partial charge is 0.372 e. The van der Waals surface area contributed by atoms with Crippen molar-refractivity contribution in [2.24, 2.45) is 5.92 Å². The van der Waals surface area contributed by atoms with E-state index in [1.165, 1.54) is 11.3 Å². The molecule has 5 nitrogen and oxygen atoms in total. The minimum Gasteiger partial charge on any atom is -0.372 e. The number of thiophene rings is 1. The molecule has 2 heterocycles. The number of amides is 2. The number of hydrogen-bond acceptors (Lipinski definition) is 4. The molecule has 0 bridgehead atoms. The van der Waals surface area contributed by atoms with Crippen molar-refractivity contribution in [2.45, 2.75) is 45.9 Å². The third kappa shape index (κ3) is 4.08. The molecule has 1 aliphatic heterocycles. The Morgan fingerprint density at radius 3 is 2.45 bits per heavy atom. The van der Waals surface area contributed by atoms with Crippen molar-refractivity contribution < 1.29 is 14.3 Å². The van der Waals surface area contributed by atoms with E-state index in [0.717, 1.165) is 0 Å². The highest BCUT2D eigenvalue weighted by Gasteiger charge is 2.33. The number of hydrogen-bond donors (Lipinski definition) is 1. The molecule has 1 N–H and O–H groups in total. The molecule has 0 radical (unpaired) electrons. The molecule has 1 saturated heterocycles. The Kier molecular flexibility index (Phi) is 5.58. The molecule has 6 heteroatoms. The molecular weight excluding hydrogens is 300 g/mol. The summed E-state index contributed by atoms with van der Waals surface area (Å²) in [5, 5.41) is 4.74. The van der Waals surface area contributed by atoms with Crippen LogP contribution in [0, 0.1) is 5.92 Å². The smallest absolute Gasteiger partial charge is 0.262 e. The fourth-order valence-electron chi connectivity index (χ4n) is 2.69. The van der Waals surface area contributed by atoms with Crippen molar-refractivity contribution in [1.82, 2.24) is 10.2 Å². The highest BCUT2D eigenvalue weighted by Crippen LogP contribution is 2.16. The third-order valence-electron chi connectivity index (χ3n) is 3.70. The minimum absolute atomic E-state index is 0.0218. The highest BCUT2D eigenvalue weighted by molar-refractivity contribution is 7.12. The number of ether oxygens (including phenoxy) is 1. The topological polar surface area (TPSA) is 58.6 Å². The zero-order chi connectivity index (χ0) is 16.3. The Morgan fingerprint density at radius 1 is 1.32 bits per heavy atom. The van der Waals surface area contributed by atoms with E-state index in [1.54, 1.807) is 11.0 Å². The van der Waals surface area contributed by atoms with Crippen LogP contribution in [0.3, 0.4) is 0 Å². The number of rotatable bonds is 4. The van der Waals surface area contributed by atoms with Crippen LogP contribution >= 0.6 is 11.3 Å². The van der Waals surface area contributed by atoms with Crippen LogP contribution in [0.25, 0.3) is 0 Å². The Morgan fingerprint density at radius 2 is 1.95 bits per heavy atom. The Balaban J connectivity index is 2.07. The molecule has 0 unspecified atom stereocenters. The maximum Gasteiger partial charge on any atom is 0.262 e. The van der Waals surface area contributed by atoms with Crippen molar-refractivity contribution in [3.63, 3.8) is 0 Å². The number of nitrogens with zero attached hydrogens (tertiary/aromatic N) is 1. The summed E-state index contributed by atoms with van der Waals surface area (Å²) in [7, 11) is 0. The number of carbonyl (C=O) groups is 2. The average Bonchev–Trinajstić information content (AvgIpc) is 2.96. The van der Waals surface area contributed by atoms with Crippen LogP contribution in [0.1, 0.15) is 37.4 Å². The summed E-state index contributed by atoms with van der Waals surface area (Å²) in [5.41, 5.74) is 0. The zero-order valence-electron chi connectivity index (χ0n) is 13.5. The Hall–Kier alpha value is -1.40. The van der Waals surface area contributed by atoms with Gasteiger partial charge in [-0.1, -0.05) is 19.9 Å². The van der Waals surface area contributed by atoms with Gasteiger partial charge >= 0.3 is 0 Å². The molecule has 1 aromatic rings. The molecule has 122 valence electrons. The fourth-order valence-corrected chi connectivity index (χ4v) is 3.32. The lowest BCUT2D eigenvalue weighted by Crippen LogP contribution is -2.56. The molecule has 2 rings (SSSR count). The second kappa shape index (κ2) is 7.24. The molecular formula is C16H24N2O3S. The van der Waals surface area contributed by atoms with Gasteiger partial charge in [-0.25, -0.2) is 0 Å². The predicted octanol–water partition coefficient (Wildman–Crippen LogP) is 2.14. The normalized spacial score (nSPS) is 23.4. The third-order valence-corrected chi connectivity index (χ3v) is 4.56. The molecule has 1 fully saturated rings. The van der Waals surface area contributed by atoms with Crippen molar-refractivity contribution in [3.05, 3.63) is 22.4 Å². The van der Waals surface area contributed by atoms with Gasteiger partial charge in [0.25, 0.3) is 5.91 Å². The number of nitrogens with one attached hydrogen (secondary N) is 1. The van der Waals surface area contributed by atoms with Crippen molar-refractivity contribution in [1.29, 1.82) is 0 Å². The Bertz CT molecular complexity index is 505. The summed E-state index contributed by atoms with van der Waals surface area (Å²) in [5.74, 6) is -0.178. The zero-order valence-corrected chi connectivity index (χ0v) is 14.4. The second-order valence-electron chi connectivity index (χ2n) is 6.17. The maximum absolute atomic E-state index is 12.8. The van der Waals surface area contributed by atoms with E-state index in [0.29, 0.717) is 18.0 Å². The van der Waals surface area contributed by atoms with Crippen LogP contribution in [0.2, 0.25) is 0 Å². The monoisotopic (exact) mass is 324 g/mol. The van der Waals surface area contributed by atoms with Crippen LogP contribution in [-0.4, -0.2) is 48.1 Å². The van der Waals surface area contributed by atoms with Crippen LogP contribution < -0.4 is 5.32 Å². The van der Waals surface area contributed by atoms with Gasteiger partial charge in [0.2, 0.25) is 5.91 Å². The van der Waals surface area contributed by atoms with Crippen LogP contribution in [0.4, 0.5) is 0 Å². The lowest BCUT2D eigenvalue weighted by atomic mass is 10.0. The number of carbonyl (C=O) groups excluding carboxylic acids is 2. The van der Waals surface area contributed by atoms with E-state index in [9.17, 15) is 9.59 Å². The summed E-state index contributed by atoms with van der Waals surface area (Å²) in [6.07, 6.45) is 0.0435. The van der Waals surface area contributed by atoms with E-state index < -0.39 is 6.04 Å². The summed E-state index contributed by atoms with van der Waals surface area (Å²) < 4.78 is 5.67. The molecule has 22 heavy (non-hydrogen) atoms. The van der Waals surface area contributed by atoms with Crippen molar-refractivity contribution in [3.8, 4) is 0 Å². The van der Waals surface area contributed by atoms with Crippen LogP contribution in [-0.2, 0) is 9.53 Å². The van der Waals surface area contributed by atoms with Gasteiger partial charge in [0.05, 0.1) is 17.1 Å². The summed E-state index contributed by atoms with van der Waals surface area (Å²) in [6.45, 7) is 8.97. The molecule has 3 atom stereocenters. The van der Waals surface area contributed by atoms with Gasteiger partial charge in [-0.05, 0) is 31.2 Å². The van der Waals surface area contributed by atoms with Gasteiger partial charge in [-0.3, -0.25) is 9.59 Å². The summed E-state index contributed by atoms with van der Waals surface area (Å²) in [4.78, 5) is 27.5. The van der Waals surface area contributed by atoms with E-state index in [2.05, 4.69) is 5.32 Å². The van der Waals surface area contributed by atoms with Gasteiger partial charge in [-0.15, -0.1) is 11.3 Å². The first-order valence-electron chi connectivity index (χ1n) is 7.67. The first-order chi connectivity index (χ1) is 10.4. The quantitative estimate of drug-likeness (QED) is 0.923. The molecule has 0 aliphatic carbocycles. The van der Waals surface area contributed by atoms with Gasteiger partial charge in [0.15, 0.2) is 0 Å². The first-order valence-corrected chi connectivity index (χ1v) is 8.55. The molecule has 1 aromatic heterocycles. The standard InChI is InChI=1S/C16H24N2O3S/c1-10(2)14(17-15(19)13-6-5-7-22-13)16(20)18-8-11(3)21-12(4)9-18/h5-7,10-12,14H,8-9H2,1-4H3,(H,17,19)/t11-,12+,14-/m0/s1. The van der Waals surface area contributed by atoms with Crippen molar-refractivity contribution in [2.75, 3.05) is 13.1 Å². The van der Waals surface area contributed by atoms with Gasteiger partial charge < -0.3 is 15.0 Å². The lowest BCUT2D eigenvalue weighted by Gasteiger charge is -2.38. The van der Waals surface area contributed by atoms with Crippen molar-refractivity contribution >= 4 is 23.2 Å². The minimum atomic E-state index is -0.507. The molecule has 2 amide bonds. The molecule has 0 spiro atoms. The molecule has 1 aliphatic rings. The second-order valence-corrected chi connectivity index (χ2v) is 7.12. The lowest BCUT2D eigenvalue weighted by molar-refractivity contribution is -0.146. The SMILES string of the molecule is CC(C)[C@H](NC(=O)c1cccs1)C(=O)N1C[C@@H](C)O[C@@H](C)C1. The van der Waals surface area contributed by atoms with Crippen LogP contribution in [0.5, 0.6) is 0 Å². The predicted molar refractivity (Wildman–Crippen MR) is 87.0 cm³/mol. The van der Waals surface area contributed by atoms with E-state index in [1.807, 2.05) is 39.1 Å². The van der Waals surface area contributed by atoms with E-state index in [-0.39, 0.29) is 29.9 Å². The summed E-state index contributed by atoms with van der Waals surface area (Å²) >= 11 is 1.38. The molecule has 0 aromatic carbocycles.